The largest absolute Gasteiger partial charge is 0.308 e. The molecule has 2 rings (SSSR count). The fourth-order valence-electron chi connectivity index (χ4n) is 3.87. The van der Waals surface area contributed by atoms with E-state index >= 15 is 0 Å². The normalized spacial score (nSPS) is 27.3. The minimum atomic E-state index is -2.88. The number of rotatable bonds is 4. The lowest BCUT2D eigenvalue weighted by Crippen LogP contribution is -2.66. The molecule has 2 fully saturated rings. The lowest BCUT2D eigenvalue weighted by molar-refractivity contribution is 0.0284. The number of hydrogen-bond donors (Lipinski definition) is 1. The molecule has 1 heterocycles. The van der Waals surface area contributed by atoms with Crippen LogP contribution >= 0.6 is 0 Å². The van der Waals surface area contributed by atoms with Crippen molar-refractivity contribution in [3.8, 4) is 0 Å². The summed E-state index contributed by atoms with van der Waals surface area (Å²) in [6, 6.07) is 0.413. The van der Waals surface area contributed by atoms with Gasteiger partial charge in [-0.05, 0) is 18.3 Å². The molecule has 0 bridgehead atoms. The third-order valence-electron chi connectivity index (χ3n) is 5.31. The maximum Gasteiger partial charge on any atom is 0.151 e. The lowest BCUT2D eigenvalue weighted by Gasteiger charge is -2.50. The van der Waals surface area contributed by atoms with Gasteiger partial charge in [-0.15, -0.1) is 0 Å². The van der Waals surface area contributed by atoms with Crippen LogP contribution in [0.25, 0.3) is 0 Å². The van der Waals surface area contributed by atoms with E-state index in [1.54, 1.807) is 6.92 Å². The van der Waals surface area contributed by atoms with Crippen molar-refractivity contribution in [2.24, 2.45) is 5.41 Å². The van der Waals surface area contributed by atoms with Gasteiger partial charge in [0.2, 0.25) is 0 Å². The molecule has 0 aromatic carbocycles. The Kier molecular flexibility index (Phi) is 5.06. The van der Waals surface area contributed by atoms with Gasteiger partial charge in [0.25, 0.3) is 0 Å². The Morgan fingerprint density at radius 1 is 1.24 bits per heavy atom. The molecule has 1 atom stereocenters. The lowest BCUT2D eigenvalue weighted by atomic mass is 9.81. The van der Waals surface area contributed by atoms with E-state index in [4.69, 9.17) is 0 Å². The summed E-state index contributed by atoms with van der Waals surface area (Å²) in [4.78, 5) is 2.45. The Labute approximate surface area is 130 Å². The fourth-order valence-corrected chi connectivity index (χ4v) is 4.67. The van der Waals surface area contributed by atoms with E-state index < -0.39 is 9.84 Å². The van der Waals surface area contributed by atoms with Crippen molar-refractivity contribution in [2.75, 3.05) is 31.1 Å². The summed E-state index contributed by atoms with van der Waals surface area (Å²) in [6.45, 7) is 11.2. The summed E-state index contributed by atoms with van der Waals surface area (Å²) in [6.07, 6.45) is 5.07. The van der Waals surface area contributed by atoms with E-state index in [-0.39, 0.29) is 16.7 Å². The van der Waals surface area contributed by atoms with Crippen molar-refractivity contribution < 1.29 is 8.42 Å². The molecule has 1 saturated heterocycles. The zero-order valence-electron chi connectivity index (χ0n) is 14.1. The highest BCUT2D eigenvalue weighted by atomic mass is 32.2. The third kappa shape index (κ3) is 4.20. The van der Waals surface area contributed by atoms with Gasteiger partial charge in [-0.1, -0.05) is 40.5 Å². The molecule has 1 N–H and O–H groups in total. The Bertz CT molecular complexity index is 447. The number of sulfone groups is 1. The van der Waals surface area contributed by atoms with Crippen LogP contribution in [0, 0.1) is 5.41 Å². The van der Waals surface area contributed by atoms with Crippen LogP contribution in [0.4, 0.5) is 0 Å². The molecule has 1 saturated carbocycles. The zero-order chi connectivity index (χ0) is 15.7. The molecule has 21 heavy (non-hydrogen) atoms. The molecule has 0 amide bonds. The summed E-state index contributed by atoms with van der Waals surface area (Å²) in [5.74, 6) is 0.552. The molecule has 124 valence electrons. The molecular formula is C16H32N2O2S. The number of nitrogens with zero attached hydrogens (tertiary/aromatic N) is 1. The zero-order valence-corrected chi connectivity index (χ0v) is 14.9. The maximum atomic E-state index is 11.9. The highest BCUT2D eigenvalue weighted by Crippen LogP contribution is 2.36. The van der Waals surface area contributed by atoms with Crippen molar-refractivity contribution in [1.29, 1.82) is 0 Å². The Morgan fingerprint density at radius 3 is 2.38 bits per heavy atom. The van der Waals surface area contributed by atoms with Gasteiger partial charge in [-0.25, -0.2) is 8.42 Å². The van der Waals surface area contributed by atoms with Crippen LogP contribution in [0.15, 0.2) is 0 Å². The van der Waals surface area contributed by atoms with Crippen LogP contribution < -0.4 is 5.32 Å². The molecule has 4 nitrogen and oxygen atoms in total. The Balaban J connectivity index is 2.09. The first-order valence-corrected chi connectivity index (χ1v) is 10.2. The fraction of sp³-hybridized carbons (Fsp3) is 1.00. The minimum absolute atomic E-state index is 0.170. The van der Waals surface area contributed by atoms with Gasteiger partial charge in [0.05, 0.1) is 5.75 Å². The first-order chi connectivity index (χ1) is 9.68. The van der Waals surface area contributed by atoms with Crippen LogP contribution in [-0.2, 0) is 9.84 Å². The van der Waals surface area contributed by atoms with Crippen molar-refractivity contribution in [1.82, 2.24) is 10.2 Å². The number of piperazine rings is 1. The predicted octanol–water partition coefficient (Wildman–Crippen LogP) is 2.05. The minimum Gasteiger partial charge on any atom is -0.308 e. The monoisotopic (exact) mass is 316 g/mol. The summed E-state index contributed by atoms with van der Waals surface area (Å²) >= 11 is 0. The third-order valence-corrected chi connectivity index (χ3v) is 6.99. The SMILES string of the molecule is CCS(=O)(=O)CCN1CC2(CCCC2)NCC1C(C)(C)C. The molecule has 1 aliphatic heterocycles. The molecule has 5 heteroatoms. The number of nitrogens with one attached hydrogen (secondary N) is 1. The molecule has 1 spiro atoms. The average Bonchev–Trinajstić information content (AvgIpc) is 2.83. The Hall–Kier alpha value is -0.130. The van der Waals surface area contributed by atoms with Crippen molar-refractivity contribution >= 4 is 9.84 Å². The van der Waals surface area contributed by atoms with Gasteiger partial charge < -0.3 is 5.32 Å². The van der Waals surface area contributed by atoms with Crippen LogP contribution in [0.3, 0.4) is 0 Å². The van der Waals surface area contributed by atoms with Gasteiger partial charge in [0.15, 0.2) is 9.84 Å². The second-order valence-electron chi connectivity index (χ2n) is 7.96. The Morgan fingerprint density at radius 2 is 1.86 bits per heavy atom. The highest BCUT2D eigenvalue weighted by molar-refractivity contribution is 7.91. The van der Waals surface area contributed by atoms with Crippen molar-refractivity contribution in [3.05, 3.63) is 0 Å². The van der Waals surface area contributed by atoms with E-state index in [0.717, 1.165) is 13.1 Å². The summed E-state index contributed by atoms with van der Waals surface area (Å²) in [5.41, 5.74) is 0.418. The molecule has 0 aromatic rings. The van der Waals surface area contributed by atoms with E-state index in [9.17, 15) is 8.42 Å². The second-order valence-corrected chi connectivity index (χ2v) is 10.4. The molecule has 0 radical (unpaired) electrons. The van der Waals surface area contributed by atoms with Crippen LogP contribution in [0.2, 0.25) is 0 Å². The molecule has 2 aliphatic rings. The summed E-state index contributed by atoms with van der Waals surface area (Å²) in [5, 5.41) is 3.80. The van der Waals surface area contributed by atoms with E-state index in [0.29, 0.717) is 18.3 Å². The molecule has 1 aliphatic carbocycles. The molecular weight excluding hydrogens is 284 g/mol. The van der Waals surface area contributed by atoms with Crippen LogP contribution in [0.5, 0.6) is 0 Å². The number of hydrogen-bond acceptors (Lipinski definition) is 4. The molecule has 1 unspecified atom stereocenters. The maximum absolute atomic E-state index is 11.9. The summed E-state index contributed by atoms with van der Waals surface area (Å²) < 4.78 is 23.7. The van der Waals surface area contributed by atoms with Gasteiger partial charge in [0.1, 0.15) is 0 Å². The standard InChI is InChI=1S/C16H32N2O2S/c1-5-21(19,20)11-10-18-13-16(8-6-7-9-16)17-12-14(18)15(2,3)4/h14,17H,5-13H2,1-4H3. The first kappa shape index (κ1) is 17.2. The second kappa shape index (κ2) is 6.17. The average molecular weight is 317 g/mol. The van der Waals surface area contributed by atoms with Gasteiger partial charge >= 0.3 is 0 Å². The van der Waals surface area contributed by atoms with Gasteiger partial charge in [-0.3, -0.25) is 4.90 Å². The van der Waals surface area contributed by atoms with E-state index in [1.165, 1.54) is 25.7 Å². The van der Waals surface area contributed by atoms with E-state index in [2.05, 4.69) is 31.0 Å². The van der Waals surface area contributed by atoms with Crippen LogP contribution in [0.1, 0.15) is 53.4 Å². The topological polar surface area (TPSA) is 49.4 Å². The predicted molar refractivity (Wildman–Crippen MR) is 88.3 cm³/mol. The van der Waals surface area contributed by atoms with Crippen LogP contribution in [-0.4, -0.2) is 56.0 Å². The van der Waals surface area contributed by atoms with Gasteiger partial charge in [-0.2, -0.15) is 0 Å². The van der Waals surface area contributed by atoms with E-state index in [1.807, 2.05) is 0 Å². The van der Waals surface area contributed by atoms with Crippen molar-refractivity contribution in [2.45, 2.75) is 65.0 Å². The first-order valence-electron chi connectivity index (χ1n) is 8.37. The molecule has 0 aromatic heterocycles. The van der Waals surface area contributed by atoms with Gasteiger partial charge in [0, 0.05) is 37.0 Å². The smallest absolute Gasteiger partial charge is 0.151 e. The van der Waals surface area contributed by atoms with Crippen molar-refractivity contribution in [3.63, 3.8) is 0 Å². The summed E-state index contributed by atoms with van der Waals surface area (Å²) in [7, 11) is -2.88. The quantitative estimate of drug-likeness (QED) is 0.862. The highest BCUT2D eigenvalue weighted by Gasteiger charge is 2.44.